The fraction of sp³-hybridized carbons (Fsp3) is 0.893. The van der Waals surface area contributed by atoms with Gasteiger partial charge in [0.05, 0.1) is 12.0 Å². The van der Waals surface area contributed by atoms with Crippen LogP contribution in [-0.4, -0.2) is 22.3 Å². The van der Waals surface area contributed by atoms with E-state index in [-0.39, 0.29) is 11.3 Å². The highest BCUT2D eigenvalue weighted by molar-refractivity contribution is 5.71. The number of hydrogen-bond donors (Lipinski definition) is 2. The molecule has 9 atom stereocenters. The van der Waals surface area contributed by atoms with E-state index in [0.29, 0.717) is 23.7 Å². The summed E-state index contributed by atoms with van der Waals surface area (Å²) >= 11 is 0. The molecule has 1 unspecified atom stereocenters. The Labute approximate surface area is 190 Å². The lowest BCUT2D eigenvalue weighted by Gasteiger charge is -2.59. The number of carboxylic acids is 1. The molecule has 0 aromatic heterocycles. The molecular formula is C28H46O3. The molecule has 0 radical (unpaired) electrons. The van der Waals surface area contributed by atoms with E-state index in [1.807, 2.05) is 0 Å². The third-order valence-corrected chi connectivity index (χ3v) is 10.7. The Morgan fingerprint density at radius 2 is 1.71 bits per heavy atom. The monoisotopic (exact) mass is 430 g/mol. The Balaban J connectivity index is 1.55. The van der Waals surface area contributed by atoms with Crippen molar-refractivity contribution in [2.24, 2.45) is 52.3 Å². The van der Waals surface area contributed by atoms with Gasteiger partial charge < -0.3 is 10.2 Å². The molecule has 3 nitrogen and oxygen atoms in total. The minimum atomic E-state index is -0.794. The summed E-state index contributed by atoms with van der Waals surface area (Å²) in [7, 11) is 0. The molecule has 0 heterocycles. The van der Waals surface area contributed by atoms with E-state index < -0.39 is 18.0 Å². The summed E-state index contributed by atoms with van der Waals surface area (Å²) in [6.45, 7) is 12.1. The first-order chi connectivity index (χ1) is 14.6. The summed E-state index contributed by atoms with van der Waals surface area (Å²) in [5.74, 6) is 2.35. The van der Waals surface area contributed by atoms with Gasteiger partial charge in [-0.2, -0.15) is 0 Å². The van der Waals surface area contributed by atoms with Gasteiger partial charge in [0, 0.05) is 0 Å². The molecule has 3 saturated carbocycles. The predicted octanol–water partition coefficient (Wildman–Crippen LogP) is 6.70. The summed E-state index contributed by atoms with van der Waals surface area (Å²) in [6.07, 6.45) is 13.5. The minimum absolute atomic E-state index is 0.0364. The lowest BCUT2D eigenvalue weighted by atomic mass is 9.46. The molecule has 4 aliphatic rings. The number of rotatable bonds is 6. The van der Waals surface area contributed by atoms with E-state index in [0.717, 1.165) is 30.6 Å². The van der Waals surface area contributed by atoms with Gasteiger partial charge in [0.1, 0.15) is 0 Å². The maximum absolute atomic E-state index is 12.0. The van der Waals surface area contributed by atoms with Gasteiger partial charge in [0.2, 0.25) is 0 Å². The fourth-order valence-corrected chi connectivity index (χ4v) is 8.97. The average Bonchev–Trinajstić information content (AvgIpc) is 3.05. The zero-order chi connectivity index (χ0) is 22.6. The van der Waals surface area contributed by atoms with Crippen molar-refractivity contribution < 1.29 is 15.0 Å². The topological polar surface area (TPSA) is 57.5 Å². The molecule has 2 N–H and O–H groups in total. The number of aliphatic hydroxyl groups excluding tert-OH is 1. The maximum atomic E-state index is 12.0. The lowest BCUT2D eigenvalue weighted by Crippen LogP contribution is -2.54. The molecule has 176 valence electrons. The van der Waals surface area contributed by atoms with E-state index >= 15 is 0 Å². The summed E-state index contributed by atoms with van der Waals surface area (Å²) in [5, 5.41) is 20.3. The van der Waals surface area contributed by atoms with Gasteiger partial charge in [0.25, 0.3) is 0 Å². The van der Waals surface area contributed by atoms with E-state index in [9.17, 15) is 15.0 Å². The lowest BCUT2D eigenvalue weighted by molar-refractivity contribution is -0.160. The smallest absolute Gasteiger partial charge is 0.309 e. The normalized spacial score (nSPS) is 45.5. The van der Waals surface area contributed by atoms with Crippen LogP contribution in [0.25, 0.3) is 0 Å². The molecule has 0 aromatic rings. The molecule has 0 spiro atoms. The molecule has 4 aliphatic carbocycles. The minimum Gasteiger partial charge on any atom is -0.481 e. The Hall–Kier alpha value is -0.830. The van der Waals surface area contributed by atoms with Gasteiger partial charge in [-0.05, 0) is 91.3 Å². The van der Waals surface area contributed by atoms with Crippen molar-refractivity contribution in [1.82, 2.24) is 0 Å². The van der Waals surface area contributed by atoms with Crippen LogP contribution in [0.4, 0.5) is 0 Å². The number of aliphatic hydroxyl groups is 1. The van der Waals surface area contributed by atoms with Crippen LogP contribution in [0.5, 0.6) is 0 Å². The van der Waals surface area contributed by atoms with Crippen LogP contribution in [0.1, 0.15) is 98.8 Å². The molecule has 31 heavy (non-hydrogen) atoms. The molecule has 0 bridgehead atoms. The van der Waals surface area contributed by atoms with Crippen LogP contribution in [0, 0.1) is 52.3 Å². The quantitative estimate of drug-likeness (QED) is 0.461. The third-order valence-electron chi connectivity index (χ3n) is 10.7. The summed E-state index contributed by atoms with van der Waals surface area (Å²) in [5.41, 5.74) is 2.14. The standard InChI is InChI=1S/C28H46O3/c1-17(2)7-6-8-18(3)20-11-12-21-19-9-10-23-25(26(30)31)24(29)14-16-28(23,5)22(19)13-15-27(20,21)4/h9,17-18,20-25,29H,6-8,10-16H2,1-5H3,(H,30,31)/t18-,20-,21+,22?,23+,24+,25+,27-,28-/m1/s1. The number of hydrogen-bond acceptors (Lipinski definition) is 2. The van der Waals surface area contributed by atoms with Crippen LogP contribution in [0.15, 0.2) is 11.6 Å². The van der Waals surface area contributed by atoms with Gasteiger partial charge in [-0.25, -0.2) is 0 Å². The SMILES string of the molecule is CC(C)CCC[C@@H](C)[C@H]1CC[C@H]2C3=CC[C@H]4[C@H](C(=O)O)[C@@H](O)CC[C@]4(C)C3CC[C@]12C. The maximum Gasteiger partial charge on any atom is 0.309 e. The molecule has 3 fully saturated rings. The van der Waals surface area contributed by atoms with Crippen LogP contribution in [-0.2, 0) is 4.79 Å². The second-order valence-electron chi connectivity index (χ2n) is 12.7. The molecule has 3 heteroatoms. The molecule has 0 aromatic carbocycles. The van der Waals surface area contributed by atoms with Crippen LogP contribution < -0.4 is 0 Å². The van der Waals surface area contributed by atoms with Crippen LogP contribution >= 0.6 is 0 Å². The van der Waals surface area contributed by atoms with Crippen molar-refractivity contribution in [2.45, 2.75) is 105 Å². The van der Waals surface area contributed by atoms with Crippen molar-refractivity contribution in [3.8, 4) is 0 Å². The van der Waals surface area contributed by atoms with Crippen molar-refractivity contribution in [3.63, 3.8) is 0 Å². The summed E-state index contributed by atoms with van der Waals surface area (Å²) < 4.78 is 0. The fourth-order valence-electron chi connectivity index (χ4n) is 8.97. The highest BCUT2D eigenvalue weighted by atomic mass is 16.4. The molecule has 4 rings (SSSR count). The first-order valence-electron chi connectivity index (χ1n) is 13.2. The second-order valence-corrected chi connectivity index (χ2v) is 12.7. The van der Waals surface area contributed by atoms with Gasteiger partial charge in [-0.15, -0.1) is 0 Å². The third kappa shape index (κ3) is 3.81. The molecule has 0 amide bonds. The highest BCUT2D eigenvalue weighted by Gasteiger charge is 2.60. The Morgan fingerprint density at radius 3 is 2.39 bits per heavy atom. The van der Waals surface area contributed by atoms with E-state index in [1.54, 1.807) is 5.57 Å². The zero-order valence-corrected chi connectivity index (χ0v) is 20.6. The Morgan fingerprint density at radius 1 is 1.03 bits per heavy atom. The molecule has 0 saturated heterocycles. The van der Waals surface area contributed by atoms with E-state index in [4.69, 9.17) is 0 Å². The second kappa shape index (κ2) is 8.50. The van der Waals surface area contributed by atoms with Gasteiger partial charge in [-0.1, -0.05) is 65.5 Å². The predicted molar refractivity (Wildman–Crippen MR) is 126 cm³/mol. The van der Waals surface area contributed by atoms with Crippen molar-refractivity contribution in [2.75, 3.05) is 0 Å². The number of aliphatic carboxylic acids is 1. The zero-order valence-electron chi connectivity index (χ0n) is 20.6. The average molecular weight is 431 g/mol. The van der Waals surface area contributed by atoms with E-state index in [2.05, 4.69) is 40.7 Å². The number of carboxylic acid groups (broad SMARTS) is 1. The van der Waals surface area contributed by atoms with Crippen molar-refractivity contribution in [3.05, 3.63) is 11.6 Å². The van der Waals surface area contributed by atoms with Gasteiger partial charge in [-0.3, -0.25) is 4.79 Å². The highest BCUT2D eigenvalue weighted by Crippen LogP contribution is 2.67. The first-order valence-corrected chi connectivity index (χ1v) is 13.2. The van der Waals surface area contributed by atoms with Gasteiger partial charge in [0.15, 0.2) is 0 Å². The summed E-state index contributed by atoms with van der Waals surface area (Å²) in [6, 6.07) is 0. The van der Waals surface area contributed by atoms with Crippen LogP contribution in [0.2, 0.25) is 0 Å². The first kappa shape index (κ1) is 23.3. The van der Waals surface area contributed by atoms with Crippen molar-refractivity contribution in [1.29, 1.82) is 0 Å². The Bertz CT molecular complexity index is 711. The molecular weight excluding hydrogens is 384 g/mol. The Kier molecular flexibility index (Phi) is 6.40. The van der Waals surface area contributed by atoms with Gasteiger partial charge >= 0.3 is 5.97 Å². The molecule has 0 aliphatic heterocycles. The number of allylic oxidation sites excluding steroid dienone is 2. The number of fused-ring (bicyclic) bond motifs is 5. The summed E-state index contributed by atoms with van der Waals surface area (Å²) in [4.78, 5) is 12.0. The van der Waals surface area contributed by atoms with Crippen molar-refractivity contribution >= 4 is 5.97 Å². The van der Waals surface area contributed by atoms with E-state index in [1.165, 1.54) is 44.9 Å². The number of carbonyl (C=O) groups is 1. The largest absolute Gasteiger partial charge is 0.481 e. The van der Waals surface area contributed by atoms with Crippen LogP contribution in [0.3, 0.4) is 0 Å².